The monoisotopic (exact) mass is 414 g/mol. The highest BCUT2D eigenvalue weighted by atomic mass is 32.2. The molecule has 0 saturated carbocycles. The van der Waals surface area contributed by atoms with Crippen molar-refractivity contribution in [3.63, 3.8) is 0 Å². The summed E-state index contributed by atoms with van der Waals surface area (Å²) in [7, 11) is -3.65. The number of hydrogen-bond donors (Lipinski definition) is 0. The minimum absolute atomic E-state index is 0.0992. The number of nitrogens with zero attached hydrogens (tertiary/aromatic N) is 2. The lowest BCUT2D eigenvalue weighted by Crippen LogP contribution is -2.31. The lowest BCUT2D eigenvalue weighted by molar-refractivity contribution is 0.0970. The van der Waals surface area contributed by atoms with Crippen molar-refractivity contribution in [1.82, 2.24) is 8.87 Å². The van der Waals surface area contributed by atoms with Crippen LogP contribution in [0.3, 0.4) is 0 Å². The lowest BCUT2D eigenvalue weighted by atomic mass is 10.1. The lowest BCUT2D eigenvalue weighted by Gasteiger charge is -2.19. The minimum Gasteiger partial charge on any atom is -0.408 e. The first-order valence-corrected chi connectivity index (χ1v) is 11.1. The predicted octanol–water partition coefficient (Wildman–Crippen LogP) is 3.04. The minimum atomic E-state index is -3.65. The zero-order chi connectivity index (χ0) is 20.4. The van der Waals surface area contributed by atoms with E-state index in [0.717, 1.165) is 25.7 Å². The molecule has 0 spiro atoms. The van der Waals surface area contributed by atoms with E-state index in [9.17, 15) is 18.0 Å². The van der Waals surface area contributed by atoms with E-state index in [1.54, 1.807) is 24.3 Å². The fraction of sp³-hybridized carbons (Fsp3) is 0.333. The topological polar surface area (TPSA) is 89.6 Å². The van der Waals surface area contributed by atoms with E-state index in [0.29, 0.717) is 24.2 Å². The van der Waals surface area contributed by atoms with Crippen molar-refractivity contribution in [3.8, 4) is 0 Å². The van der Waals surface area contributed by atoms with Crippen LogP contribution in [0.25, 0.3) is 11.1 Å². The van der Waals surface area contributed by atoms with E-state index in [1.807, 2.05) is 6.07 Å². The van der Waals surface area contributed by atoms with Gasteiger partial charge in [-0.15, -0.1) is 0 Å². The standard InChI is InChI=1S/C21H22N2O5S/c24-19(16-8-4-3-5-9-16)15-23-18-11-10-17(14-20(18)28-21(23)25)29(26,27)22-12-6-1-2-7-13-22/h3-5,8-11,14H,1-2,6-7,12-13,15H2. The first-order valence-electron chi connectivity index (χ1n) is 9.68. The molecule has 1 fully saturated rings. The number of carbonyl (C=O) groups excluding carboxylic acids is 1. The molecule has 0 N–H and O–H groups in total. The van der Waals surface area contributed by atoms with Gasteiger partial charge >= 0.3 is 5.76 Å². The maximum absolute atomic E-state index is 13.0. The third-order valence-electron chi connectivity index (χ3n) is 5.24. The maximum atomic E-state index is 13.0. The molecule has 0 bridgehead atoms. The van der Waals surface area contributed by atoms with Crippen LogP contribution in [0.5, 0.6) is 0 Å². The Hall–Kier alpha value is -2.71. The Labute approximate surface area is 168 Å². The van der Waals surface area contributed by atoms with E-state index in [-0.39, 0.29) is 22.8 Å². The summed E-state index contributed by atoms with van der Waals surface area (Å²) in [5, 5.41) is 0. The molecular formula is C21H22N2O5S. The van der Waals surface area contributed by atoms with Crippen LogP contribution in [0, 0.1) is 0 Å². The third-order valence-corrected chi connectivity index (χ3v) is 7.13. The molecule has 1 aromatic heterocycles. The largest absolute Gasteiger partial charge is 0.420 e. The molecule has 2 heterocycles. The van der Waals surface area contributed by atoms with E-state index in [1.165, 1.54) is 27.1 Å². The van der Waals surface area contributed by atoms with Crippen LogP contribution >= 0.6 is 0 Å². The summed E-state index contributed by atoms with van der Waals surface area (Å²) < 4.78 is 33.9. The molecule has 1 saturated heterocycles. The molecular weight excluding hydrogens is 392 g/mol. The van der Waals surface area contributed by atoms with Crippen molar-refractivity contribution in [1.29, 1.82) is 0 Å². The number of Topliss-reactive ketones (excluding diaryl/α,β-unsaturated/α-hetero) is 1. The number of sulfonamides is 1. The Morgan fingerprint density at radius 2 is 1.66 bits per heavy atom. The Kier molecular flexibility index (Phi) is 5.38. The normalized spacial score (nSPS) is 16.0. The molecule has 4 rings (SSSR count). The smallest absolute Gasteiger partial charge is 0.408 e. The molecule has 2 aromatic carbocycles. The molecule has 0 aliphatic carbocycles. The molecule has 0 amide bonds. The fourth-order valence-corrected chi connectivity index (χ4v) is 5.18. The quantitative estimate of drug-likeness (QED) is 0.599. The number of carbonyl (C=O) groups is 1. The summed E-state index contributed by atoms with van der Waals surface area (Å²) in [5.74, 6) is -0.912. The number of fused-ring (bicyclic) bond motifs is 1. The van der Waals surface area contributed by atoms with Crippen molar-refractivity contribution < 1.29 is 17.6 Å². The number of rotatable bonds is 5. The van der Waals surface area contributed by atoms with Gasteiger partial charge in [0.1, 0.15) is 0 Å². The molecule has 8 heteroatoms. The number of benzene rings is 2. The van der Waals surface area contributed by atoms with Crippen LogP contribution in [0.15, 0.2) is 62.6 Å². The number of oxazole rings is 1. The van der Waals surface area contributed by atoms with Crippen LogP contribution in [0.2, 0.25) is 0 Å². The predicted molar refractivity (Wildman–Crippen MR) is 108 cm³/mol. The molecule has 1 aliphatic rings. The average molecular weight is 414 g/mol. The summed E-state index contributed by atoms with van der Waals surface area (Å²) in [6.07, 6.45) is 3.74. The van der Waals surface area contributed by atoms with E-state index >= 15 is 0 Å². The van der Waals surface area contributed by atoms with Gasteiger partial charge in [0.25, 0.3) is 0 Å². The zero-order valence-electron chi connectivity index (χ0n) is 15.9. The van der Waals surface area contributed by atoms with Crippen LogP contribution in [0.4, 0.5) is 0 Å². The van der Waals surface area contributed by atoms with Gasteiger partial charge in [0.15, 0.2) is 11.4 Å². The van der Waals surface area contributed by atoms with Gasteiger partial charge in [0, 0.05) is 24.7 Å². The van der Waals surface area contributed by atoms with Crippen molar-refractivity contribution in [3.05, 3.63) is 64.6 Å². The maximum Gasteiger partial charge on any atom is 0.420 e. The van der Waals surface area contributed by atoms with Crippen LogP contribution in [-0.4, -0.2) is 36.2 Å². The Bertz CT molecular complexity index is 1190. The summed E-state index contributed by atoms with van der Waals surface area (Å²) in [5.41, 5.74) is 1.05. The van der Waals surface area contributed by atoms with Gasteiger partial charge in [-0.25, -0.2) is 13.2 Å². The second-order valence-corrected chi connectivity index (χ2v) is 9.13. The van der Waals surface area contributed by atoms with Crippen molar-refractivity contribution in [2.75, 3.05) is 13.1 Å². The summed E-state index contributed by atoms with van der Waals surface area (Å²) in [6, 6.07) is 13.1. The van der Waals surface area contributed by atoms with Crippen molar-refractivity contribution in [2.24, 2.45) is 0 Å². The van der Waals surface area contributed by atoms with E-state index < -0.39 is 15.8 Å². The summed E-state index contributed by atoms with van der Waals surface area (Å²) >= 11 is 0. The molecule has 0 unspecified atom stereocenters. The first-order chi connectivity index (χ1) is 14.0. The number of aromatic nitrogens is 1. The van der Waals surface area contributed by atoms with E-state index in [4.69, 9.17) is 4.42 Å². The van der Waals surface area contributed by atoms with E-state index in [2.05, 4.69) is 0 Å². The third kappa shape index (κ3) is 3.90. The van der Waals surface area contributed by atoms with Crippen LogP contribution < -0.4 is 5.76 Å². The van der Waals surface area contributed by atoms with Crippen LogP contribution in [-0.2, 0) is 16.6 Å². The highest BCUT2D eigenvalue weighted by molar-refractivity contribution is 7.89. The molecule has 3 aromatic rings. The van der Waals surface area contributed by atoms with Crippen molar-refractivity contribution in [2.45, 2.75) is 37.1 Å². The van der Waals surface area contributed by atoms with Gasteiger partial charge in [0.05, 0.1) is 17.0 Å². The highest BCUT2D eigenvalue weighted by Crippen LogP contribution is 2.24. The van der Waals surface area contributed by atoms with Gasteiger partial charge in [-0.2, -0.15) is 4.31 Å². The Morgan fingerprint density at radius 3 is 2.34 bits per heavy atom. The second kappa shape index (κ2) is 7.96. The number of ketones is 1. The highest BCUT2D eigenvalue weighted by Gasteiger charge is 2.26. The zero-order valence-corrected chi connectivity index (χ0v) is 16.7. The first kappa shape index (κ1) is 19.6. The molecule has 1 aliphatic heterocycles. The molecule has 29 heavy (non-hydrogen) atoms. The van der Waals surface area contributed by atoms with Gasteiger partial charge in [-0.05, 0) is 25.0 Å². The SMILES string of the molecule is O=C(Cn1c(=O)oc2cc(S(=O)(=O)N3CCCCCC3)ccc21)c1ccccc1. The fourth-order valence-electron chi connectivity index (χ4n) is 3.65. The number of hydrogen-bond acceptors (Lipinski definition) is 5. The summed E-state index contributed by atoms with van der Waals surface area (Å²) in [4.78, 5) is 24.9. The van der Waals surface area contributed by atoms with Gasteiger partial charge in [-0.1, -0.05) is 43.2 Å². The molecule has 152 valence electrons. The average Bonchev–Trinajstić information content (AvgIpc) is 2.91. The molecule has 0 atom stereocenters. The molecule has 0 radical (unpaired) electrons. The second-order valence-electron chi connectivity index (χ2n) is 7.19. The summed E-state index contributed by atoms with van der Waals surface area (Å²) in [6.45, 7) is 0.821. The van der Waals surface area contributed by atoms with Crippen LogP contribution in [0.1, 0.15) is 36.0 Å². The van der Waals surface area contributed by atoms with Crippen molar-refractivity contribution >= 4 is 26.9 Å². The molecule has 7 nitrogen and oxygen atoms in total. The Balaban J connectivity index is 1.66. The van der Waals surface area contributed by atoms with Gasteiger partial charge in [0.2, 0.25) is 10.0 Å². The van der Waals surface area contributed by atoms with Gasteiger partial charge < -0.3 is 4.42 Å². The Morgan fingerprint density at radius 1 is 0.966 bits per heavy atom. The van der Waals surface area contributed by atoms with Gasteiger partial charge in [-0.3, -0.25) is 9.36 Å².